The molecule has 0 saturated heterocycles. The van der Waals surface area contributed by atoms with E-state index in [1.807, 2.05) is 0 Å². The molecule has 1 radical (unpaired) electrons. The Balaban J connectivity index is 1.79. The van der Waals surface area contributed by atoms with E-state index in [1.54, 1.807) is 0 Å². The summed E-state index contributed by atoms with van der Waals surface area (Å²) in [6.07, 6.45) is 2.34. The lowest BCUT2D eigenvalue weighted by Crippen LogP contribution is -1.92. The summed E-state index contributed by atoms with van der Waals surface area (Å²) >= 11 is 0. The van der Waals surface area contributed by atoms with Crippen LogP contribution in [0.2, 0.25) is 0 Å². The smallest absolute Gasteiger partial charge is 0.0218 e. The zero-order valence-corrected chi connectivity index (χ0v) is 15.7. The molecule has 4 aromatic rings. The van der Waals surface area contributed by atoms with E-state index in [2.05, 4.69) is 105 Å². The predicted octanol–water partition coefficient (Wildman–Crippen LogP) is 7.22. The largest absolute Gasteiger partial charge is 0.0619 e. The Morgan fingerprint density at radius 3 is 1.78 bits per heavy atom. The third kappa shape index (κ3) is 2.69. The number of benzene rings is 4. The summed E-state index contributed by atoms with van der Waals surface area (Å²) in [5, 5.41) is 0. The van der Waals surface area contributed by atoms with Crippen LogP contribution in [-0.2, 0) is 0 Å². The molecule has 0 unspecified atom stereocenters. The molecule has 0 heteroatoms. The monoisotopic (exact) mass is 345 g/mol. The summed E-state index contributed by atoms with van der Waals surface area (Å²) in [5.41, 5.74) is 13.0. The molecule has 129 valence electrons. The van der Waals surface area contributed by atoms with Crippen molar-refractivity contribution in [1.29, 1.82) is 0 Å². The van der Waals surface area contributed by atoms with E-state index in [0.29, 0.717) is 0 Å². The molecular weight excluding hydrogens is 324 g/mol. The molecular formula is C27H21. The number of hydrogen-bond donors (Lipinski definition) is 0. The van der Waals surface area contributed by atoms with E-state index >= 15 is 0 Å². The quantitative estimate of drug-likeness (QED) is 0.317. The average molecular weight is 345 g/mol. The van der Waals surface area contributed by atoms with Gasteiger partial charge in [-0.2, -0.15) is 0 Å². The van der Waals surface area contributed by atoms with Gasteiger partial charge in [-0.05, 0) is 58.4 Å². The van der Waals surface area contributed by atoms with Crippen molar-refractivity contribution in [3.05, 3.63) is 114 Å². The zero-order chi connectivity index (χ0) is 18.4. The van der Waals surface area contributed by atoms with Crippen LogP contribution in [0.25, 0.3) is 33.4 Å². The molecule has 0 aliphatic heterocycles. The molecule has 0 nitrogen and oxygen atoms in total. The van der Waals surface area contributed by atoms with Crippen LogP contribution in [0.3, 0.4) is 0 Å². The topological polar surface area (TPSA) is 0 Å². The lowest BCUT2D eigenvalue weighted by atomic mass is 9.87. The summed E-state index contributed by atoms with van der Waals surface area (Å²) in [7, 11) is 0. The standard InChI is InChI=1S/C27H21/c1-18-7-11-20(12-8-18)24-15-16-25-23-6-4-3-5-22(23)17-26(25)27(24)21-13-9-19(2)10-14-21/h3-17H,1-2H3. The van der Waals surface area contributed by atoms with Crippen molar-refractivity contribution in [1.82, 2.24) is 0 Å². The van der Waals surface area contributed by atoms with Gasteiger partial charge in [0.2, 0.25) is 0 Å². The van der Waals surface area contributed by atoms with Crippen LogP contribution in [0.5, 0.6) is 0 Å². The number of rotatable bonds is 2. The normalized spacial score (nSPS) is 11.9. The second-order valence-corrected chi connectivity index (χ2v) is 7.41. The maximum atomic E-state index is 2.34. The molecule has 0 bridgehead atoms. The fourth-order valence-electron chi connectivity index (χ4n) is 4.03. The Bertz CT molecular complexity index is 1130. The number of aryl methyl sites for hydroxylation is 2. The van der Waals surface area contributed by atoms with Gasteiger partial charge in [0.1, 0.15) is 0 Å². The molecule has 1 aliphatic rings. The molecule has 1 aliphatic carbocycles. The Labute approximate surface area is 161 Å². The summed E-state index contributed by atoms with van der Waals surface area (Å²) in [6.45, 7) is 4.28. The molecule has 0 spiro atoms. The molecule has 0 aromatic heterocycles. The molecule has 0 amide bonds. The molecule has 0 saturated carbocycles. The molecule has 0 heterocycles. The summed E-state index contributed by atoms with van der Waals surface area (Å²) in [6, 6.07) is 31.0. The predicted molar refractivity (Wildman–Crippen MR) is 115 cm³/mol. The van der Waals surface area contributed by atoms with E-state index in [0.717, 1.165) is 0 Å². The maximum Gasteiger partial charge on any atom is 0.0218 e. The number of hydrogen-bond acceptors (Lipinski definition) is 0. The Hall–Kier alpha value is -3.12. The van der Waals surface area contributed by atoms with Gasteiger partial charge in [-0.25, -0.2) is 0 Å². The van der Waals surface area contributed by atoms with Gasteiger partial charge in [0.05, 0.1) is 0 Å². The van der Waals surface area contributed by atoms with Gasteiger partial charge in [0.15, 0.2) is 0 Å². The molecule has 0 fully saturated rings. The highest BCUT2D eigenvalue weighted by atomic mass is 14.3. The van der Waals surface area contributed by atoms with Crippen LogP contribution in [-0.4, -0.2) is 0 Å². The van der Waals surface area contributed by atoms with Gasteiger partial charge in [-0.3, -0.25) is 0 Å². The summed E-state index contributed by atoms with van der Waals surface area (Å²) in [4.78, 5) is 0. The molecule has 4 aromatic carbocycles. The van der Waals surface area contributed by atoms with Crippen LogP contribution in [0.15, 0.2) is 84.9 Å². The van der Waals surface area contributed by atoms with Crippen molar-refractivity contribution < 1.29 is 0 Å². The van der Waals surface area contributed by atoms with Crippen molar-refractivity contribution in [2.24, 2.45) is 0 Å². The fraction of sp³-hybridized carbons (Fsp3) is 0.0741. The van der Waals surface area contributed by atoms with Gasteiger partial charge in [0, 0.05) is 6.42 Å². The highest BCUT2D eigenvalue weighted by Gasteiger charge is 2.24. The molecule has 27 heavy (non-hydrogen) atoms. The van der Waals surface area contributed by atoms with Gasteiger partial charge in [-0.15, -0.1) is 0 Å². The SMILES string of the molecule is Cc1ccc(-c2ccc3c(c2-c2ccc(C)cc2)[CH]c2ccccc2-3)cc1. The van der Waals surface area contributed by atoms with Gasteiger partial charge in [-0.1, -0.05) is 96.1 Å². The van der Waals surface area contributed by atoms with E-state index < -0.39 is 0 Å². The first kappa shape index (κ1) is 16.1. The lowest BCUT2D eigenvalue weighted by molar-refractivity contribution is 1.44. The minimum absolute atomic E-state index is 1.27. The second-order valence-electron chi connectivity index (χ2n) is 7.41. The summed E-state index contributed by atoms with van der Waals surface area (Å²) in [5.74, 6) is 0. The van der Waals surface area contributed by atoms with Gasteiger partial charge >= 0.3 is 0 Å². The van der Waals surface area contributed by atoms with Crippen molar-refractivity contribution in [2.45, 2.75) is 13.8 Å². The third-order valence-corrected chi connectivity index (χ3v) is 5.50. The van der Waals surface area contributed by atoms with E-state index in [4.69, 9.17) is 0 Å². The summed E-state index contributed by atoms with van der Waals surface area (Å²) < 4.78 is 0. The van der Waals surface area contributed by atoms with Crippen LogP contribution < -0.4 is 0 Å². The van der Waals surface area contributed by atoms with Crippen molar-refractivity contribution in [3.8, 4) is 33.4 Å². The molecule has 0 N–H and O–H groups in total. The Kier molecular flexibility index (Phi) is 3.72. The lowest BCUT2D eigenvalue weighted by Gasteiger charge is -2.16. The average Bonchev–Trinajstić information content (AvgIpc) is 3.07. The Morgan fingerprint density at radius 1 is 0.481 bits per heavy atom. The molecule has 0 atom stereocenters. The van der Waals surface area contributed by atoms with Crippen molar-refractivity contribution >= 4 is 0 Å². The highest BCUT2D eigenvalue weighted by molar-refractivity contribution is 5.96. The minimum atomic E-state index is 1.27. The van der Waals surface area contributed by atoms with Gasteiger partial charge < -0.3 is 0 Å². The number of fused-ring (bicyclic) bond motifs is 3. The van der Waals surface area contributed by atoms with E-state index in [9.17, 15) is 0 Å². The molecule has 5 rings (SSSR count). The second kappa shape index (κ2) is 6.25. The van der Waals surface area contributed by atoms with Crippen LogP contribution >= 0.6 is 0 Å². The highest BCUT2D eigenvalue weighted by Crippen LogP contribution is 2.46. The zero-order valence-electron chi connectivity index (χ0n) is 15.7. The van der Waals surface area contributed by atoms with Crippen LogP contribution in [0, 0.1) is 20.3 Å². The Morgan fingerprint density at radius 2 is 1.07 bits per heavy atom. The van der Waals surface area contributed by atoms with Crippen molar-refractivity contribution in [3.63, 3.8) is 0 Å². The van der Waals surface area contributed by atoms with Crippen molar-refractivity contribution in [2.75, 3.05) is 0 Å². The fourth-order valence-corrected chi connectivity index (χ4v) is 4.03. The maximum absolute atomic E-state index is 2.34. The minimum Gasteiger partial charge on any atom is -0.0619 e. The first-order valence-corrected chi connectivity index (χ1v) is 9.46. The van der Waals surface area contributed by atoms with Crippen LogP contribution in [0.4, 0.5) is 0 Å². The van der Waals surface area contributed by atoms with Gasteiger partial charge in [0.25, 0.3) is 0 Å². The van der Waals surface area contributed by atoms with Crippen LogP contribution in [0.1, 0.15) is 22.3 Å². The first-order valence-electron chi connectivity index (χ1n) is 9.46. The van der Waals surface area contributed by atoms with E-state index in [1.165, 1.54) is 55.6 Å². The third-order valence-electron chi connectivity index (χ3n) is 5.50. The first-order chi connectivity index (χ1) is 13.2. The van der Waals surface area contributed by atoms with E-state index in [-0.39, 0.29) is 0 Å².